The number of amides is 1. The van der Waals surface area contributed by atoms with Crippen LogP contribution in [0.1, 0.15) is 53.2 Å². The highest BCUT2D eigenvalue weighted by Gasteiger charge is 2.26. The van der Waals surface area contributed by atoms with Gasteiger partial charge in [-0.15, -0.1) is 0 Å². The van der Waals surface area contributed by atoms with Crippen LogP contribution in [0.5, 0.6) is 11.5 Å². The van der Waals surface area contributed by atoms with Gasteiger partial charge in [-0.25, -0.2) is 4.98 Å². The van der Waals surface area contributed by atoms with Crippen LogP contribution in [0.3, 0.4) is 0 Å². The van der Waals surface area contributed by atoms with Crippen LogP contribution in [0.2, 0.25) is 0 Å². The second kappa shape index (κ2) is 12.7. The molecule has 4 aromatic rings. The quantitative estimate of drug-likeness (QED) is 0.232. The Kier molecular flexibility index (Phi) is 8.56. The van der Waals surface area contributed by atoms with Crippen molar-refractivity contribution in [3.63, 3.8) is 0 Å². The van der Waals surface area contributed by atoms with Gasteiger partial charge in [-0.3, -0.25) is 9.69 Å². The summed E-state index contributed by atoms with van der Waals surface area (Å²) >= 11 is 0. The summed E-state index contributed by atoms with van der Waals surface area (Å²) in [5.41, 5.74) is 7.59. The Labute approximate surface area is 254 Å². The molecule has 0 unspecified atom stereocenters. The largest absolute Gasteiger partial charge is 0.497 e. The van der Waals surface area contributed by atoms with E-state index in [9.17, 15) is 4.79 Å². The first-order chi connectivity index (χ1) is 20.9. The number of hydrogen-bond donors (Lipinski definition) is 1. The summed E-state index contributed by atoms with van der Waals surface area (Å²) in [7, 11) is 3.32. The number of piperazine rings is 1. The van der Waals surface area contributed by atoms with Crippen molar-refractivity contribution in [3.8, 4) is 22.9 Å². The zero-order valence-corrected chi connectivity index (χ0v) is 25.9. The van der Waals surface area contributed by atoms with Crippen LogP contribution in [0.4, 0.5) is 5.69 Å². The van der Waals surface area contributed by atoms with Gasteiger partial charge in [0.15, 0.2) is 0 Å². The number of aromatic nitrogens is 2. The first kappa shape index (κ1) is 29.1. The van der Waals surface area contributed by atoms with Crippen molar-refractivity contribution in [2.45, 2.75) is 45.6 Å². The molecule has 1 amide bonds. The summed E-state index contributed by atoms with van der Waals surface area (Å²) in [5, 5.41) is 3.16. The third-order valence-corrected chi connectivity index (χ3v) is 9.23. The molecule has 2 heterocycles. The highest BCUT2D eigenvalue weighted by atomic mass is 16.5. The van der Waals surface area contributed by atoms with Gasteiger partial charge < -0.3 is 24.3 Å². The van der Waals surface area contributed by atoms with Gasteiger partial charge >= 0.3 is 0 Å². The summed E-state index contributed by atoms with van der Waals surface area (Å²) in [4.78, 5) is 23.2. The fourth-order valence-electron chi connectivity index (χ4n) is 6.29. The number of nitrogens with one attached hydrogen (secondary N) is 1. The van der Waals surface area contributed by atoms with Crippen LogP contribution >= 0.6 is 0 Å². The van der Waals surface area contributed by atoms with Crippen LogP contribution in [0.25, 0.3) is 22.4 Å². The van der Waals surface area contributed by atoms with Gasteiger partial charge in [0.2, 0.25) is 0 Å². The van der Waals surface area contributed by atoms with E-state index >= 15 is 0 Å². The Bertz CT molecular complexity index is 1580. The normalized spacial score (nSPS) is 15.9. The minimum atomic E-state index is -0.0346. The first-order valence-corrected chi connectivity index (χ1v) is 15.5. The van der Waals surface area contributed by atoms with Gasteiger partial charge in [0.1, 0.15) is 17.3 Å². The summed E-state index contributed by atoms with van der Waals surface area (Å²) in [6, 6.07) is 18.7. The molecule has 43 heavy (non-hydrogen) atoms. The lowest BCUT2D eigenvalue weighted by molar-refractivity contribution is 0.0951. The second-order valence-corrected chi connectivity index (χ2v) is 11.9. The number of ether oxygens (including phenoxy) is 2. The molecule has 1 aromatic heterocycles. The Morgan fingerprint density at radius 2 is 1.70 bits per heavy atom. The minimum absolute atomic E-state index is 0.0346. The number of anilines is 1. The van der Waals surface area contributed by atoms with Crippen molar-refractivity contribution in [2.75, 3.05) is 58.4 Å². The SMILES string of the molecule is COc1cc(OC)cc(-c2nc3ccc(C(=O)NCCCN4CCN(c5cccc(C)c5C)CC4)cc3n2C2CCC2)c1. The molecule has 8 heteroatoms. The lowest BCUT2D eigenvalue weighted by atomic mass is 9.92. The van der Waals surface area contributed by atoms with E-state index in [1.165, 1.54) is 23.2 Å². The second-order valence-electron chi connectivity index (χ2n) is 11.9. The van der Waals surface area contributed by atoms with Crippen molar-refractivity contribution in [3.05, 3.63) is 71.3 Å². The maximum absolute atomic E-state index is 13.2. The number of rotatable bonds is 10. The lowest BCUT2D eigenvalue weighted by Gasteiger charge is -2.37. The van der Waals surface area contributed by atoms with E-state index in [2.05, 4.69) is 51.7 Å². The smallest absolute Gasteiger partial charge is 0.251 e. The van der Waals surface area contributed by atoms with Crippen molar-refractivity contribution in [1.82, 2.24) is 19.8 Å². The monoisotopic (exact) mass is 581 g/mol. The van der Waals surface area contributed by atoms with Crippen molar-refractivity contribution in [2.24, 2.45) is 0 Å². The Morgan fingerprint density at radius 3 is 2.37 bits per heavy atom. The molecule has 0 radical (unpaired) electrons. The number of carbonyl (C=O) groups is 1. The third-order valence-electron chi connectivity index (χ3n) is 9.23. The molecule has 1 aliphatic heterocycles. The fourth-order valence-corrected chi connectivity index (χ4v) is 6.29. The summed E-state index contributed by atoms with van der Waals surface area (Å²) in [6.45, 7) is 10.2. The number of benzene rings is 3. The van der Waals surface area contributed by atoms with E-state index in [1.54, 1.807) is 14.2 Å². The predicted octanol–water partition coefficient (Wildman–Crippen LogP) is 6.00. The molecule has 2 aliphatic rings. The van der Waals surface area contributed by atoms with Crippen LogP contribution in [-0.4, -0.2) is 73.8 Å². The molecular weight excluding hydrogens is 538 g/mol. The van der Waals surface area contributed by atoms with Gasteiger partial charge in [0.25, 0.3) is 5.91 Å². The van der Waals surface area contributed by atoms with Crippen LogP contribution < -0.4 is 19.7 Å². The highest BCUT2D eigenvalue weighted by molar-refractivity contribution is 5.98. The Morgan fingerprint density at radius 1 is 0.953 bits per heavy atom. The number of nitrogens with zero attached hydrogens (tertiary/aromatic N) is 4. The first-order valence-electron chi connectivity index (χ1n) is 15.5. The number of methoxy groups -OCH3 is 2. The number of hydrogen-bond acceptors (Lipinski definition) is 6. The maximum atomic E-state index is 13.2. The average molecular weight is 582 g/mol. The lowest BCUT2D eigenvalue weighted by Crippen LogP contribution is -2.47. The maximum Gasteiger partial charge on any atom is 0.251 e. The van der Waals surface area contributed by atoms with E-state index in [4.69, 9.17) is 14.5 Å². The van der Waals surface area contributed by atoms with Crippen LogP contribution in [0.15, 0.2) is 54.6 Å². The molecule has 0 bridgehead atoms. The molecule has 0 atom stereocenters. The van der Waals surface area contributed by atoms with E-state index in [-0.39, 0.29) is 5.91 Å². The molecule has 226 valence electrons. The molecule has 6 rings (SSSR count). The summed E-state index contributed by atoms with van der Waals surface area (Å²) in [5.74, 6) is 2.30. The molecule has 2 fully saturated rings. The van der Waals surface area contributed by atoms with E-state index in [1.807, 2.05) is 36.4 Å². The molecule has 1 N–H and O–H groups in total. The van der Waals surface area contributed by atoms with Gasteiger partial charge in [-0.05, 0) is 93.6 Å². The molecule has 1 aliphatic carbocycles. The standard InChI is InChI=1S/C35H43N5O3/c1-24-8-5-11-32(25(24)2)39-18-16-38(17-19-39)15-7-14-36-35(41)26-12-13-31-33(22-26)40(28-9-6-10-28)34(37-31)27-20-29(42-3)23-30(21-27)43-4/h5,8,11-13,20-23,28H,6-7,9-10,14-19H2,1-4H3,(H,36,41). The fraction of sp³-hybridized carbons (Fsp3) is 0.429. The van der Waals surface area contributed by atoms with Gasteiger partial charge in [0.05, 0.1) is 25.3 Å². The molecule has 8 nitrogen and oxygen atoms in total. The Balaban J connectivity index is 1.09. The molecular formula is C35H43N5O3. The topological polar surface area (TPSA) is 71.9 Å². The third kappa shape index (κ3) is 6.07. The molecule has 1 saturated carbocycles. The molecule has 3 aromatic carbocycles. The zero-order chi connectivity index (χ0) is 29.9. The highest BCUT2D eigenvalue weighted by Crippen LogP contribution is 2.40. The van der Waals surface area contributed by atoms with Crippen LogP contribution in [0, 0.1) is 13.8 Å². The molecule has 0 spiro atoms. The van der Waals surface area contributed by atoms with Gasteiger partial charge in [-0.1, -0.05) is 12.1 Å². The van der Waals surface area contributed by atoms with Crippen LogP contribution in [-0.2, 0) is 0 Å². The van der Waals surface area contributed by atoms with Crippen molar-refractivity contribution in [1.29, 1.82) is 0 Å². The number of imidazole rings is 1. The van der Waals surface area contributed by atoms with Crippen molar-refractivity contribution >= 4 is 22.6 Å². The summed E-state index contributed by atoms with van der Waals surface area (Å²) < 4.78 is 13.4. The van der Waals surface area contributed by atoms with E-state index in [0.29, 0.717) is 18.2 Å². The van der Waals surface area contributed by atoms with Gasteiger partial charge in [-0.2, -0.15) is 0 Å². The predicted molar refractivity (Wildman–Crippen MR) is 173 cm³/mol. The minimum Gasteiger partial charge on any atom is -0.497 e. The molecule has 1 saturated heterocycles. The summed E-state index contributed by atoms with van der Waals surface area (Å²) in [6.07, 6.45) is 4.34. The average Bonchev–Trinajstić information content (AvgIpc) is 3.38. The Hall–Kier alpha value is -4.04. The number of carbonyl (C=O) groups excluding carboxylic acids is 1. The number of aryl methyl sites for hydroxylation is 1. The number of fused-ring (bicyclic) bond motifs is 1. The van der Waals surface area contributed by atoms with E-state index in [0.717, 1.165) is 85.9 Å². The van der Waals surface area contributed by atoms with E-state index < -0.39 is 0 Å². The van der Waals surface area contributed by atoms with Crippen molar-refractivity contribution < 1.29 is 14.3 Å². The zero-order valence-electron chi connectivity index (χ0n) is 25.9. The van der Waals surface area contributed by atoms with Gasteiger partial charge in [0, 0.05) is 61.6 Å².